The van der Waals surface area contributed by atoms with Crippen LogP contribution in [0.3, 0.4) is 0 Å². The number of carbonyl (C=O) groups is 3. The summed E-state index contributed by atoms with van der Waals surface area (Å²) < 4.78 is 5.61. The van der Waals surface area contributed by atoms with Gasteiger partial charge in [0.2, 0.25) is 11.8 Å². The highest BCUT2D eigenvalue weighted by Gasteiger charge is 2.60. The molecule has 2 amide bonds. The molecular formula is C24H26N2O5S. The van der Waals surface area contributed by atoms with Gasteiger partial charge in [0.25, 0.3) is 0 Å². The normalized spacial score (nSPS) is 24.6. The Bertz CT molecular complexity index is 982. The molecule has 4 unspecified atom stereocenters. The van der Waals surface area contributed by atoms with Crippen LogP contribution in [-0.4, -0.2) is 52.7 Å². The zero-order valence-electron chi connectivity index (χ0n) is 17.8. The number of rotatable bonds is 9. The SMILES string of the molecule is CCCOc1ccc(C2NC(C(=O)O)C3C(=O)N(CCSc4ccccc4)C(=O)C23)cc1. The van der Waals surface area contributed by atoms with Crippen molar-refractivity contribution in [3.8, 4) is 5.75 Å². The molecule has 0 radical (unpaired) electrons. The first-order valence-corrected chi connectivity index (χ1v) is 11.7. The number of nitrogens with one attached hydrogen (secondary N) is 1. The van der Waals surface area contributed by atoms with Gasteiger partial charge in [-0.1, -0.05) is 37.3 Å². The number of likely N-dealkylation sites (tertiary alicyclic amines) is 1. The van der Waals surface area contributed by atoms with Gasteiger partial charge in [0, 0.05) is 23.2 Å². The maximum atomic E-state index is 13.2. The Kier molecular flexibility index (Phi) is 6.81. The van der Waals surface area contributed by atoms with Crippen molar-refractivity contribution >= 4 is 29.5 Å². The van der Waals surface area contributed by atoms with Crippen LogP contribution in [0.25, 0.3) is 0 Å². The van der Waals surface area contributed by atoms with Crippen LogP contribution in [0.4, 0.5) is 0 Å². The number of ether oxygens (including phenoxy) is 1. The molecule has 168 valence electrons. The fourth-order valence-corrected chi connectivity index (χ4v) is 5.25. The molecule has 2 aliphatic rings. The number of thioether (sulfide) groups is 1. The van der Waals surface area contributed by atoms with Gasteiger partial charge in [0.1, 0.15) is 11.8 Å². The molecule has 2 aromatic carbocycles. The van der Waals surface area contributed by atoms with Crippen LogP contribution in [-0.2, 0) is 14.4 Å². The average Bonchev–Trinajstić information content (AvgIpc) is 3.31. The van der Waals surface area contributed by atoms with Crippen LogP contribution in [0.15, 0.2) is 59.5 Å². The first-order chi connectivity index (χ1) is 15.5. The molecule has 2 saturated heterocycles. The molecule has 4 atom stereocenters. The molecule has 2 heterocycles. The first kappa shape index (κ1) is 22.4. The van der Waals surface area contributed by atoms with E-state index in [1.165, 1.54) is 4.90 Å². The van der Waals surface area contributed by atoms with Crippen molar-refractivity contribution in [3.05, 3.63) is 60.2 Å². The lowest BCUT2D eigenvalue weighted by atomic mass is 9.86. The number of benzene rings is 2. The predicted octanol–water partition coefficient (Wildman–Crippen LogP) is 2.97. The Morgan fingerprint density at radius 2 is 1.75 bits per heavy atom. The molecule has 2 N–H and O–H groups in total. The van der Waals surface area contributed by atoms with Crippen molar-refractivity contribution in [2.45, 2.75) is 30.3 Å². The van der Waals surface area contributed by atoms with Crippen molar-refractivity contribution in [2.75, 3.05) is 18.9 Å². The fraction of sp³-hybridized carbons (Fsp3) is 0.375. The van der Waals surface area contributed by atoms with E-state index in [0.717, 1.165) is 16.9 Å². The van der Waals surface area contributed by atoms with Gasteiger partial charge >= 0.3 is 5.97 Å². The standard InChI is InChI=1S/C24H26N2O5S/c1-2-13-31-16-10-8-15(9-11-16)20-18-19(21(25-20)24(29)30)23(28)26(22(18)27)12-14-32-17-6-4-3-5-7-17/h3-11,18-21,25H,2,12-14H2,1H3,(H,29,30). The van der Waals surface area contributed by atoms with Gasteiger partial charge in [-0.2, -0.15) is 0 Å². The molecule has 32 heavy (non-hydrogen) atoms. The van der Waals surface area contributed by atoms with E-state index >= 15 is 0 Å². The van der Waals surface area contributed by atoms with E-state index in [1.807, 2.05) is 61.5 Å². The molecule has 2 fully saturated rings. The maximum absolute atomic E-state index is 13.2. The number of carboxylic acid groups (broad SMARTS) is 1. The van der Waals surface area contributed by atoms with Crippen LogP contribution in [0.5, 0.6) is 5.75 Å². The fourth-order valence-electron chi connectivity index (χ4n) is 4.39. The highest BCUT2D eigenvalue weighted by Crippen LogP contribution is 2.44. The summed E-state index contributed by atoms with van der Waals surface area (Å²) in [7, 11) is 0. The van der Waals surface area contributed by atoms with Crippen molar-refractivity contribution in [1.82, 2.24) is 10.2 Å². The molecule has 0 saturated carbocycles. The van der Waals surface area contributed by atoms with Gasteiger partial charge in [-0.05, 0) is 36.2 Å². The number of carboxylic acids is 1. The van der Waals surface area contributed by atoms with E-state index < -0.39 is 35.8 Å². The minimum absolute atomic E-state index is 0.257. The first-order valence-electron chi connectivity index (χ1n) is 10.8. The second-order valence-corrected chi connectivity index (χ2v) is 9.09. The molecule has 2 aromatic rings. The van der Waals surface area contributed by atoms with Gasteiger partial charge in [0.05, 0.1) is 18.4 Å². The summed E-state index contributed by atoms with van der Waals surface area (Å²) >= 11 is 1.56. The van der Waals surface area contributed by atoms with E-state index in [4.69, 9.17) is 4.74 Å². The van der Waals surface area contributed by atoms with Crippen molar-refractivity contribution < 1.29 is 24.2 Å². The zero-order chi connectivity index (χ0) is 22.7. The number of amides is 2. The van der Waals surface area contributed by atoms with Crippen LogP contribution in [0.2, 0.25) is 0 Å². The zero-order valence-corrected chi connectivity index (χ0v) is 18.6. The van der Waals surface area contributed by atoms with Gasteiger partial charge in [-0.15, -0.1) is 11.8 Å². The second kappa shape index (κ2) is 9.75. The Hall–Kier alpha value is -2.84. The number of aliphatic carboxylic acids is 1. The Labute approximate surface area is 191 Å². The van der Waals surface area contributed by atoms with Gasteiger partial charge in [-0.25, -0.2) is 0 Å². The molecule has 0 spiro atoms. The molecule has 7 nitrogen and oxygen atoms in total. The summed E-state index contributed by atoms with van der Waals surface area (Å²) in [6, 6.07) is 15.4. The topological polar surface area (TPSA) is 95.9 Å². The monoisotopic (exact) mass is 454 g/mol. The highest BCUT2D eigenvalue weighted by molar-refractivity contribution is 7.99. The van der Waals surface area contributed by atoms with Gasteiger partial charge in [-0.3, -0.25) is 24.6 Å². The lowest BCUT2D eigenvalue weighted by Gasteiger charge is -2.21. The van der Waals surface area contributed by atoms with Gasteiger partial charge < -0.3 is 9.84 Å². The third kappa shape index (κ3) is 4.38. The van der Waals surface area contributed by atoms with E-state index in [0.29, 0.717) is 18.1 Å². The Morgan fingerprint density at radius 1 is 1.06 bits per heavy atom. The number of hydrogen-bond acceptors (Lipinski definition) is 6. The summed E-state index contributed by atoms with van der Waals surface area (Å²) in [5, 5.41) is 12.7. The molecule has 0 bridgehead atoms. The minimum atomic E-state index is -1.12. The summed E-state index contributed by atoms with van der Waals surface area (Å²) in [4.78, 5) is 40.5. The number of carbonyl (C=O) groups excluding carboxylic acids is 2. The molecular weight excluding hydrogens is 428 g/mol. The largest absolute Gasteiger partial charge is 0.494 e. The summed E-state index contributed by atoms with van der Waals surface area (Å²) in [5.74, 6) is -2.18. The molecule has 8 heteroatoms. The van der Waals surface area contributed by atoms with Crippen molar-refractivity contribution in [3.63, 3.8) is 0 Å². The molecule has 0 aliphatic carbocycles. The third-order valence-electron chi connectivity index (χ3n) is 5.87. The van der Waals surface area contributed by atoms with E-state index in [2.05, 4.69) is 5.32 Å². The van der Waals surface area contributed by atoms with Crippen molar-refractivity contribution in [2.24, 2.45) is 11.8 Å². The maximum Gasteiger partial charge on any atom is 0.321 e. The molecule has 2 aliphatic heterocycles. The molecule has 0 aromatic heterocycles. The van der Waals surface area contributed by atoms with Crippen molar-refractivity contribution in [1.29, 1.82) is 0 Å². The summed E-state index contributed by atoms with van der Waals surface area (Å²) in [6.07, 6.45) is 0.894. The minimum Gasteiger partial charge on any atom is -0.494 e. The Balaban J connectivity index is 1.51. The van der Waals surface area contributed by atoms with E-state index in [9.17, 15) is 19.5 Å². The number of hydrogen-bond donors (Lipinski definition) is 2. The number of imide groups is 1. The van der Waals surface area contributed by atoms with E-state index in [1.54, 1.807) is 11.8 Å². The highest BCUT2D eigenvalue weighted by atomic mass is 32.2. The van der Waals surface area contributed by atoms with Crippen LogP contribution in [0, 0.1) is 11.8 Å². The smallest absolute Gasteiger partial charge is 0.321 e. The second-order valence-electron chi connectivity index (χ2n) is 7.92. The molecule has 4 rings (SSSR count). The number of nitrogens with zero attached hydrogens (tertiary/aromatic N) is 1. The Morgan fingerprint density at radius 3 is 2.41 bits per heavy atom. The summed E-state index contributed by atoms with van der Waals surface area (Å²) in [5.41, 5.74) is 0.772. The van der Waals surface area contributed by atoms with Crippen LogP contribution < -0.4 is 10.1 Å². The van der Waals surface area contributed by atoms with Gasteiger partial charge in [0.15, 0.2) is 0 Å². The van der Waals surface area contributed by atoms with E-state index in [-0.39, 0.29) is 12.5 Å². The quantitative estimate of drug-likeness (QED) is 0.444. The average molecular weight is 455 g/mol. The lowest BCUT2D eigenvalue weighted by molar-refractivity contribution is -0.145. The lowest BCUT2D eigenvalue weighted by Crippen LogP contribution is -2.43. The van der Waals surface area contributed by atoms with Crippen LogP contribution >= 0.6 is 11.8 Å². The third-order valence-corrected chi connectivity index (χ3v) is 6.86. The summed E-state index contributed by atoms with van der Waals surface area (Å²) in [6.45, 7) is 2.89. The number of fused-ring (bicyclic) bond motifs is 1. The predicted molar refractivity (Wildman–Crippen MR) is 120 cm³/mol. The van der Waals surface area contributed by atoms with Crippen LogP contribution in [0.1, 0.15) is 24.9 Å².